The van der Waals surface area contributed by atoms with E-state index < -0.39 is 11.8 Å². The molecule has 1 fully saturated rings. The van der Waals surface area contributed by atoms with Gasteiger partial charge in [0, 0.05) is 65.1 Å². The molecule has 0 saturated carbocycles. The topological polar surface area (TPSA) is 110 Å². The Morgan fingerprint density at radius 3 is 2.38 bits per heavy atom. The summed E-state index contributed by atoms with van der Waals surface area (Å²) in [4.78, 5) is 49.1. The second-order valence-corrected chi connectivity index (χ2v) is 9.76. The van der Waals surface area contributed by atoms with Gasteiger partial charge in [0.15, 0.2) is 0 Å². The first-order valence-electron chi connectivity index (χ1n) is 12.8. The lowest BCUT2D eigenvalue weighted by Gasteiger charge is -2.33. The van der Waals surface area contributed by atoms with Crippen LogP contribution in [0.1, 0.15) is 40.5 Å². The van der Waals surface area contributed by atoms with Crippen molar-refractivity contribution in [1.29, 1.82) is 0 Å². The van der Waals surface area contributed by atoms with Crippen LogP contribution in [0.5, 0.6) is 0 Å². The zero-order chi connectivity index (χ0) is 26.5. The number of nitrogens with one attached hydrogen (secondary N) is 1. The Balaban J connectivity index is 1.28. The van der Waals surface area contributed by atoms with E-state index in [4.69, 9.17) is 4.42 Å². The maximum absolute atomic E-state index is 13.2. The fourth-order valence-electron chi connectivity index (χ4n) is 5.77. The lowest BCUT2D eigenvalue weighted by Crippen LogP contribution is -2.39. The highest BCUT2D eigenvalue weighted by atomic mass is 16.3. The molecule has 0 aliphatic carbocycles. The van der Waals surface area contributed by atoms with Crippen molar-refractivity contribution in [2.45, 2.75) is 18.9 Å². The molecule has 0 spiro atoms. The smallest absolute Gasteiger partial charge is 0.274 e. The van der Waals surface area contributed by atoms with Gasteiger partial charge in [-0.25, -0.2) is 4.98 Å². The number of rotatable bonds is 4. The third kappa shape index (κ3) is 3.73. The maximum atomic E-state index is 13.2. The van der Waals surface area contributed by atoms with Gasteiger partial charge in [-0.05, 0) is 25.0 Å². The molecule has 3 aromatic heterocycles. The molecular weight excluding hydrogens is 494 g/mol. The molecule has 5 aromatic rings. The standard InChI is InChI=1S/C30H23N5O4/c36-28-26(27(29(37)33-28)22-17-39-25-8-4-2-6-20(22)25)21-16-35(24-7-3-1-5-19(21)24)18-9-13-34(14-10-18)30(38)23-15-31-11-12-32-23/h1-8,11-12,15-18H,9-10,13-14H2,(H,33,36,37). The van der Waals surface area contributed by atoms with Crippen LogP contribution in [0, 0.1) is 0 Å². The third-order valence-electron chi connectivity index (χ3n) is 7.62. The second-order valence-electron chi connectivity index (χ2n) is 9.76. The number of carbonyl (C=O) groups excluding carboxylic acids is 3. The van der Waals surface area contributed by atoms with Crippen LogP contribution in [-0.2, 0) is 9.59 Å². The van der Waals surface area contributed by atoms with Crippen molar-refractivity contribution in [3.05, 3.63) is 96.4 Å². The molecule has 0 atom stereocenters. The molecule has 5 heterocycles. The van der Waals surface area contributed by atoms with Gasteiger partial charge in [-0.1, -0.05) is 36.4 Å². The summed E-state index contributed by atoms with van der Waals surface area (Å²) in [5, 5.41) is 4.16. The Kier molecular flexibility index (Phi) is 5.36. The van der Waals surface area contributed by atoms with Crippen molar-refractivity contribution >= 4 is 50.7 Å². The predicted octanol–water partition coefficient (Wildman–Crippen LogP) is 4.22. The number of para-hydroxylation sites is 2. The quantitative estimate of drug-likeness (QED) is 0.358. The second kappa shape index (κ2) is 9.05. The van der Waals surface area contributed by atoms with Crippen molar-refractivity contribution in [3.63, 3.8) is 0 Å². The lowest BCUT2D eigenvalue weighted by atomic mass is 9.95. The van der Waals surface area contributed by atoms with Gasteiger partial charge in [0.1, 0.15) is 11.3 Å². The number of fused-ring (bicyclic) bond motifs is 2. The van der Waals surface area contributed by atoms with E-state index >= 15 is 0 Å². The summed E-state index contributed by atoms with van der Waals surface area (Å²) in [5.74, 6) is -0.982. The van der Waals surface area contributed by atoms with Crippen LogP contribution in [0.2, 0.25) is 0 Å². The minimum Gasteiger partial charge on any atom is -0.464 e. The Hall–Kier alpha value is -5.05. The number of benzene rings is 2. The van der Waals surface area contributed by atoms with E-state index in [-0.39, 0.29) is 11.9 Å². The zero-order valence-electron chi connectivity index (χ0n) is 20.8. The average molecular weight is 518 g/mol. The molecule has 9 nitrogen and oxygen atoms in total. The van der Waals surface area contributed by atoms with Crippen molar-refractivity contribution < 1.29 is 18.8 Å². The van der Waals surface area contributed by atoms with Crippen LogP contribution in [0.15, 0.2) is 84.0 Å². The third-order valence-corrected chi connectivity index (χ3v) is 7.62. The normalized spacial score (nSPS) is 16.5. The van der Waals surface area contributed by atoms with Crippen molar-refractivity contribution in [2.75, 3.05) is 13.1 Å². The summed E-state index contributed by atoms with van der Waals surface area (Å²) in [5.41, 5.74) is 3.92. The summed E-state index contributed by atoms with van der Waals surface area (Å²) in [6.45, 7) is 1.16. The highest BCUT2D eigenvalue weighted by Gasteiger charge is 2.36. The summed E-state index contributed by atoms with van der Waals surface area (Å²) in [6.07, 6.45) is 9.56. The number of carbonyl (C=O) groups is 3. The summed E-state index contributed by atoms with van der Waals surface area (Å²) in [6, 6.07) is 15.5. The van der Waals surface area contributed by atoms with Gasteiger partial charge in [-0.15, -0.1) is 0 Å². The van der Waals surface area contributed by atoms with Gasteiger partial charge in [-0.2, -0.15) is 0 Å². The van der Waals surface area contributed by atoms with E-state index in [1.54, 1.807) is 17.4 Å². The van der Waals surface area contributed by atoms with Gasteiger partial charge in [0.05, 0.1) is 23.6 Å². The highest BCUT2D eigenvalue weighted by Crippen LogP contribution is 2.40. The number of likely N-dealkylation sites (tertiary alicyclic amines) is 1. The number of furan rings is 1. The molecule has 1 N–H and O–H groups in total. The first kappa shape index (κ1) is 23.1. The minimum atomic E-state index is -0.436. The number of hydrogen-bond donors (Lipinski definition) is 1. The highest BCUT2D eigenvalue weighted by molar-refractivity contribution is 6.50. The minimum absolute atomic E-state index is 0.119. The number of hydrogen-bond acceptors (Lipinski definition) is 6. The van der Waals surface area contributed by atoms with Gasteiger partial charge in [0.2, 0.25) is 0 Å². The van der Waals surface area contributed by atoms with Crippen molar-refractivity contribution in [2.24, 2.45) is 0 Å². The molecular formula is C30H23N5O4. The van der Waals surface area contributed by atoms with Crippen LogP contribution in [0.4, 0.5) is 0 Å². The fraction of sp³-hybridized carbons (Fsp3) is 0.167. The largest absolute Gasteiger partial charge is 0.464 e. The molecule has 0 bridgehead atoms. The molecule has 39 heavy (non-hydrogen) atoms. The SMILES string of the molecule is O=C1NC(=O)C(c2cn(C3CCN(C(=O)c4cnccn4)CC3)c3ccccc23)=C1c1coc2ccccc12. The van der Waals surface area contributed by atoms with Gasteiger partial charge in [-0.3, -0.25) is 24.7 Å². The van der Waals surface area contributed by atoms with Crippen LogP contribution in [0.25, 0.3) is 33.0 Å². The number of amides is 3. The molecule has 2 aliphatic heterocycles. The van der Waals surface area contributed by atoms with E-state index in [0.717, 1.165) is 29.1 Å². The van der Waals surface area contributed by atoms with E-state index in [1.807, 2.05) is 54.7 Å². The number of imide groups is 1. The summed E-state index contributed by atoms with van der Waals surface area (Å²) < 4.78 is 7.89. The summed E-state index contributed by atoms with van der Waals surface area (Å²) in [7, 11) is 0. The molecule has 0 unspecified atom stereocenters. The van der Waals surface area contributed by atoms with Crippen molar-refractivity contribution in [1.82, 2.24) is 24.8 Å². The molecule has 192 valence electrons. The lowest BCUT2D eigenvalue weighted by molar-refractivity contribution is -0.122. The van der Waals surface area contributed by atoms with Crippen molar-refractivity contribution in [3.8, 4) is 0 Å². The first-order chi connectivity index (χ1) is 19.1. The van der Waals surface area contributed by atoms with Gasteiger partial charge < -0.3 is 13.9 Å². The van der Waals surface area contributed by atoms with E-state index in [9.17, 15) is 14.4 Å². The Labute approximate surface area is 222 Å². The average Bonchev–Trinajstić information content (AvgIpc) is 3.65. The van der Waals surface area contributed by atoms with Crippen LogP contribution in [0.3, 0.4) is 0 Å². The van der Waals surface area contributed by atoms with E-state index in [1.165, 1.54) is 12.4 Å². The molecule has 2 aliphatic rings. The molecule has 9 heteroatoms. The molecule has 1 saturated heterocycles. The number of piperidine rings is 1. The molecule has 3 amide bonds. The van der Waals surface area contributed by atoms with E-state index in [2.05, 4.69) is 19.9 Å². The van der Waals surface area contributed by atoms with Gasteiger partial charge >= 0.3 is 0 Å². The Morgan fingerprint density at radius 1 is 0.897 bits per heavy atom. The molecule has 2 aromatic carbocycles. The first-order valence-corrected chi connectivity index (χ1v) is 12.8. The van der Waals surface area contributed by atoms with Gasteiger partial charge in [0.25, 0.3) is 17.7 Å². The number of nitrogens with zero attached hydrogens (tertiary/aromatic N) is 4. The predicted molar refractivity (Wildman–Crippen MR) is 144 cm³/mol. The van der Waals surface area contributed by atoms with E-state index in [0.29, 0.717) is 46.6 Å². The molecule has 7 rings (SSSR count). The monoisotopic (exact) mass is 517 g/mol. The zero-order valence-corrected chi connectivity index (χ0v) is 20.8. The number of aromatic nitrogens is 3. The van der Waals surface area contributed by atoms with Crippen LogP contribution < -0.4 is 5.32 Å². The maximum Gasteiger partial charge on any atom is 0.274 e. The Bertz CT molecular complexity index is 1810. The fourth-order valence-corrected chi connectivity index (χ4v) is 5.77. The Morgan fingerprint density at radius 2 is 1.62 bits per heavy atom. The summed E-state index contributed by atoms with van der Waals surface area (Å²) >= 11 is 0. The van der Waals surface area contributed by atoms with Crippen LogP contribution in [-0.4, -0.2) is 50.2 Å². The molecule has 0 radical (unpaired) electrons. The van der Waals surface area contributed by atoms with Crippen LogP contribution >= 0.6 is 0 Å².